The van der Waals surface area contributed by atoms with Crippen LogP contribution in [0.1, 0.15) is 54.9 Å². The van der Waals surface area contributed by atoms with Gasteiger partial charge < -0.3 is 15.2 Å². The van der Waals surface area contributed by atoms with Crippen LogP contribution in [0.2, 0.25) is 0 Å². The molecule has 9 heteroatoms. The Morgan fingerprint density at radius 3 is 2.40 bits per heavy atom. The first-order chi connectivity index (χ1) is 20.5. The fourth-order valence-corrected chi connectivity index (χ4v) is 6.12. The summed E-state index contributed by atoms with van der Waals surface area (Å²) in [5.74, 6) is 0.670. The molecule has 0 aromatic heterocycles. The van der Waals surface area contributed by atoms with E-state index < -0.39 is 16.3 Å². The van der Waals surface area contributed by atoms with Crippen molar-refractivity contribution in [3.8, 4) is 17.6 Å². The second-order valence-electron chi connectivity index (χ2n) is 11.8. The van der Waals surface area contributed by atoms with Gasteiger partial charge in [-0.15, -0.1) is 0 Å². The first-order valence-corrected chi connectivity index (χ1v) is 14.0. The van der Waals surface area contributed by atoms with Crippen LogP contribution in [0.5, 0.6) is 11.5 Å². The van der Waals surface area contributed by atoms with Gasteiger partial charge in [0.2, 0.25) is 0 Å². The van der Waals surface area contributed by atoms with E-state index in [2.05, 4.69) is 6.07 Å². The van der Waals surface area contributed by atoms with E-state index in [9.17, 15) is 20.2 Å². The monoisotopic (exact) mass is 578 g/mol. The molecule has 2 N–H and O–H groups in total. The minimum absolute atomic E-state index is 0.0852. The standard InChI is InChI=1S/C34H34N4O5/c1-20-14-21(2)25(15-22(20)19-43-24-12-10-23(42-5)11-13-24)31-26(18-35)33(36)37(27-8-6-7-9-28(27)38(40)41)29-16-34(3,4)17-30(39)32(29)31/h6-15,31H,16-17,19,36H2,1-5H3. The van der Waals surface area contributed by atoms with Crippen LogP contribution in [-0.2, 0) is 11.4 Å². The average molecular weight is 579 g/mol. The molecule has 0 amide bonds. The smallest absolute Gasteiger partial charge is 0.293 e. The molecule has 220 valence electrons. The molecule has 43 heavy (non-hydrogen) atoms. The number of para-hydroxylation sites is 2. The number of Topliss-reactive ketones (excluding diaryl/α,β-unsaturated/α-hetero) is 1. The van der Waals surface area contributed by atoms with Gasteiger partial charge in [-0.05, 0) is 78.3 Å². The van der Waals surface area contributed by atoms with Crippen LogP contribution in [0, 0.1) is 40.7 Å². The van der Waals surface area contributed by atoms with Gasteiger partial charge in [-0.2, -0.15) is 5.26 Å². The van der Waals surface area contributed by atoms with Crippen LogP contribution in [0.3, 0.4) is 0 Å². The number of nitriles is 1. The molecule has 1 unspecified atom stereocenters. The number of nitrogens with two attached hydrogens (primary N) is 1. The third kappa shape index (κ3) is 5.44. The maximum atomic E-state index is 14.0. The fraction of sp³-hybridized carbons (Fsp3) is 0.294. The van der Waals surface area contributed by atoms with Crippen LogP contribution in [0.15, 0.2) is 83.3 Å². The predicted molar refractivity (Wildman–Crippen MR) is 163 cm³/mol. The van der Waals surface area contributed by atoms with Gasteiger partial charge in [0.05, 0.1) is 29.6 Å². The zero-order valence-electron chi connectivity index (χ0n) is 24.9. The van der Waals surface area contributed by atoms with Crippen molar-refractivity contribution >= 4 is 17.2 Å². The predicted octanol–water partition coefficient (Wildman–Crippen LogP) is 6.74. The highest BCUT2D eigenvalue weighted by Gasteiger charge is 2.46. The Kier molecular flexibility index (Phi) is 7.72. The first-order valence-electron chi connectivity index (χ1n) is 14.0. The first kappa shape index (κ1) is 29.4. The SMILES string of the molecule is COc1ccc(OCc2cc(C3C(C#N)=C(N)N(c4ccccc4[N+](=O)[O-])C4=C3C(=O)CC(C)(C)C4)c(C)cc2C)cc1. The van der Waals surface area contributed by atoms with Gasteiger partial charge in [0.15, 0.2) is 5.78 Å². The Balaban J connectivity index is 1.66. The molecule has 0 bridgehead atoms. The lowest BCUT2D eigenvalue weighted by Crippen LogP contribution is -2.42. The molecule has 0 saturated carbocycles. The van der Waals surface area contributed by atoms with Crippen molar-refractivity contribution in [2.75, 3.05) is 12.0 Å². The van der Waals surface area contributed by atoms with E-state index in [4.69, 9.17) is 15.2 Å². The van der Waals surface area contributed by atoms with Gasteiger partial charge in [0.25, 0.3) is 5.69 Å². The molecule has 1 aliphatic carbocycles. The summed E-state index contributed by atoms with van der Waals surface area (Å²) in [6, 6.07) is 19.9. The molecular formula is C34H34N4O5. The largest absolute Gasteiger partial charge is 0.497 e. The molecule has 0 radical (unpaired) electrons. The van der Waals surface area contributed by atoms with Crippen LogP contribution in [0.4, 0.5) is 11.4 Å². The zero-order valence-corrected chi connectivity index (χ0v) is 24.9. The number of anilines is 1. The van der Waals surface area contributed by atoms with Gasteiger partial charge in [0, 0.05) is 23.8 Å². The summed E-state index contributed by atoms with van der Waals surface area (Å²) in [4.78, 5) is 27.1. The number of nitrogens with zero attached hydrogens (tertiary/aromatic N) is 3. The number of carbonyl (C=O) groups excluding carboxylic acids is 1. The van der Waals surface area contributed by atoms with Gasteiger partial charge in [-0.3, -0.25) is 19.8 Å². The summed E-state index contributed by atoms with van der Waals surface area (Å²) in [6.07, 6.45) is 0.735. The minimum atomic E-state index is -0.719. The number of ketones is 1. The Morgan fingerprint density at radius 2 is 1.74 bits per heavy atom. The number of hydrogen-bond donors (Lipinski definition) is 1. The molecule has 0 saturated heterocycles. The number of benzene rings is 3. The molecule has 3 aromatic rings. The van der Waals surface area contributed by atoms with Crippen molar-refractivity contribution in [1.82, 2.24) is 0 Å². The van der Waals surface area contributed by atoms with Crippen LogP contribution in [-0.4, -0.2) is 17.8 Å². The Labute approximate surface area is 251 Å². The van der Waals surface area contributed by atoms with Gasteiger partial charge in [-0.1, -0.05) is 38.1 Å². The third-order valence-electron chi connectivity index (χ3n) is 8.19. The number of nitro benzene ring substituents is 1. The van der Waals surface area contributed by atoms with Crippen molar-refractivity contribution in [3.63, 3.8) is 0 Å². The molecular weight excluding hydrogens is 544 g/mol. The number of aryl methyl sites for hydroxylation is 2. The number of nitro groups is 1. The summed E-state index contributed by atoms with van der Waals surface area (Å²) in [5, 5.41) is 22.5. The van der Waals surface area contributed by atoms with Gasteiger partial charge in [-0.25, -0.2) is 0 Å². The Hall–Kier alpha value is -5.10. The number of allylic oxidation sites excluding steroid dienone is 3. The maximum Gasteiger partial charge on any atom is 0.293 e. The van der Waals surface area contributed by atoms with Crippen molar-refractivity contribution in [3.05, 3.63) is 116 Å². The lowest BCUT2D eigenvalue weighted by Gasteiger charge is -2.43. The molecule has 0 fully saturated rings. The summed E-state index contributed by atoms with van der Waals surface area (Å²) in [6.45, 7) is 8.20. The molecule has 9 nitrogen and oxygen atoms in total. The Morgan fingerprint density at radius 1 is 1.07 bits per heavy atom. The third-order valence-corrected chi connectivity index (χ3v) is 8.19. The summed E-state index contributed by atoms with van der Waals surface area (Å²) >= 11 is 0. The zero-order chi connectivity index (χ0) is 31.1. The minimum Gasteiger partial charge on any atom is -0.497 e. The van der Waals surface area contributed by atoms with E-state index in [1.165, 1.54) is 6.07 Å². The normalized spacial score (nSPS) is 17.8. The van der Waals surface area contributed by atoms with Gasteiger partial charge in [0.1, 0.15) is 29.6 Å². The van der Waals surface area contributed by atoms with E-state index >= 15 is 0 Å². The topological polar surface area (TPSA) is 132 Å². The summed E-state index contributed by atoms with van der Waals surface area (Å²) in [5.41, 5.74) is 11.2. The average Bonchev–Trinajstić information content (AvgIpc) is 2.96. The van der Waals surface area contributed by atoms with E-state index in [1.54, 1.807) is 30.2 Å². The van der Waals surface area contributed by atoms with E-state index in [0.717, 1.165) is 28.0 Å². The van der Waals surface area contributed by atoms with Crippen LogP contribution < -0.4 is 20.1 Å². The van der Waals surface area contributed by atoms with Crippen molar-refractivity contribution in [2.24, 2.45) is 11.1 Å². The van der Waals surface area contributed by atoms with Crippen LogP contribution in [0.25, 0.3) is 0 Å². The van der Waals surface area contributed by atoms with Crippen molar-refractivity contribution in [2.45, 2.75) is 53.1 Å². The molecule has 2 aliphatic rings. The fourth-order valence-electron chi connectivity index (χ4n) is 6.12. The highest BCUT2D eigenvalue weighted by atomic mass is 16.6. The molecule has 3 aromatic carbocycles. The molecule has 1 aliphatic heterocycles. The number of hydrogen-bond acceptors (Lipinski definition) is 8. The number of carbonyl (C=O) groups is 1. The molecule has 5 rings (SSSR count). The second-order valence-corrected chi connectivity index (χ2v) is 11.8. The van der Waals surface area contributed by atoms with E-state index in [0.29, 0.717) is 23.4 Å². The summed E-state index contributed by atoms with van der Waals surface area (Å²) in [7, 11) is 1.61. The maximum absolute atomic E-state index is 14.0. The number of methoxy groups -OCH3 is 1. The molecule has 0 spiro atoms. The van der Waals surface area contributed by atoms with E-state index in [-0.39, 0.29) is 41.6 Å². The highest BCUT2D eigenvalue weighted by molar-refractivity contribution is 6.02. The number of rotatable bonds is 7. The van der Waals surface area contributed by atoms with Crippen molar-refractivity contribution < 1.29 is 19.2 Å². The lowest BCUT2D eigenvalue weighted by molar-refractivity contribution is -0.384. The second kappa shape index (κ2) is 11.3. The lowest BCUT2D eigenvalue weighted by atomic mass is 9.68. The highest BCUT2D eigenvalue weighted by Crippen LogP contribution is 2.51. The van der Waals surface area contributed by atoms with Gasteiger partial charge >= 0.3 is 0 Å². The van der Waals surface area contributed by atoms with Crippen molar-refractivity contribution in [1.29, 1.82) is 5.26 Å². The molecule has 1 heterocycles. The Bertz CT molecular complexity index is 1730. The van der Waals surface area contributed by atoms with Crippen LogP contribution >= 0.6 is 0 Å². The quantitative estimate of drug-likeness (QED) is 0.241. The molecule has 1 atom stereocenters. The number of ether oxygens (including phenoxy) is 2. The van der Waals surface area contributed by atoms with E-state index in [1.807, 2.05) is 64.1 Å². The summed E-state index contributed by atoms with van der Waals surface area (Å²) < 4.78 is 11.3.